The third kappa shape index (κ3) is 0.843. The number of hydrogen-bond acceptors (Lipinski definition) is 2. The van der Waals surface area contributed by atoms with Gasteiger partial charge in [0, 0.05) is 18.3 Å². The van der Waals surface area contributed by atoms with Crippen molar-refractivity contribution in [1.29, 1.82) is 0 Å². The van der Waals surface area contributed by atoms with E-state index in [0.717, 1.165) is 30.8 Å². The molecule has 0 saturated heterocycles. The average molecular weight is 150 g/mol. The van der Waals surface area contributed by atoms with Gasteiger partial charge in [0.25, 0.3) is 5.56 Å². The van der Waals surface area contributed by atoms with Gasteiger partial charge in [-0.2, -0.15) is 0 Å². The molecule has 11 heavy (non-hydrogen) atoms. The molecule has 0 unspecified atom stereocenters. The Labute approximate surface area is 64.5 Å². The van der Waals surface area contributed by atoms with Crippen LogP contribution in [0, 0.1) is 0 Å². The van der Waals surface area contributed by atoms with Crippen molar-refractivity contribution >= 4 is 5.69 Å². The van der Waals surface area contributed by atoms with Gasteiger partial charge in [0.05, 0.1) is 5.69 Å². The minimum absolute atomic E-state index is 0.0756. The molecule has 1 aliphatic heterocycles. The molecule has 0 atom stereocenters. The predicted molar refractivity (Wildman–Crippen MR) is 43.4 cm³/mol. The van der Waals surface area contributed by atoms with Crippen LogP contribution in [-0.4, -0.2) is 4.57 Å². The van der Waals surface area contributed by atoms with Crippen molar-refractivity contribution in [2.24, 2.45) is 0 Å². The van der Waals surface area contributed by atoms with Crippen LogP contribution in [0.1, 0.15) is 12.1 Å². The van der Waals surface area contributed by atoms with Crippen molar-refractivity contribution in [3.05, 3.63) is 28.2 Å². The molecule has 2 heterocycles. The second kappa shape index (κ2) is 2.12. The second-order valence-corrected chi connectivity index (χ2v) is 2.83. The molecule has 0 fully saturated rings. The minimum Gasteiger partial charge on any atom is -0.397 e. The van der Waals surface area contributed by atoms with E-state index in [1.165, 1.54) is 6.07 Å². The second-order valence-electron chi connectivity index (χ2n) is 2.83. The van der Waals surface area contributed by atoms with E-state index in [-0.39, 0.29) is 5.56 Å². The predicted octanol–water partition coefficient (Wildman–Crippen LogP) is 0.377. The van der Waals surface area contributed by atoms with Gasteiger partial charge in [-0.3, -0.25) is 4.79 Å². The van der Waals surface area contributed by atoms with E-state index >= 15 is 0 Å². The van der Waals surface area contributed by atoms with Gasteiger partial charge in [-0.05, 0) is 18.9 Å². The summed E-state index contributed by atoms with van der Waals surface area (Å²) in [5.74, 6) is 0. The molecule has 0 amide bonds. The molecule has 1 aliphatic rings. The summed E-state index contributed by atoms with van der Waals surface area (Å²) in [4.78, 5) is 11.2. The summed E-state index contributed by atoms with van der Waals surface area (Å²) < 4.78 is 1.76. The maximum Gasteiger partial charge on any atom is 0.250 e. The lowest BCUT2D eigenvalue weighted by Crippen LogP contribution is -2.18. The fourth-order valence-electron chi connectivity index (χ4n) is 1.57. The molecule has 2 N–H and O–H groups in total. The van der Waals surface area contributed by atoms with E-state index in [1.807, 2.05) is 0 Å². The van der Waals surface area contributed by atoms with Gasteiger partial charge in [0.15, 0.2) is 0 Å². The van der Waals surface area contributed by atoms with Crippen LogP contribution in [0.5, 0.6) is 0 Å². The van der Waals surface area contributed by atoms with Gasteiger partial charge in [0.1, 0.15) is 0 Å². The first kappa shape index (κ1) is 6.46. The van der Waals surface area contributed by atoms with Crippen LogP contribution in [0.25, 0.3) is 0 Å². The Morgan fingerprint density at radius 3 is 3.00 bits per heavy atom. The highest BCUT2D eigenvalue weighted by atomic mass is 16.1. The van der Waals surface area contributed by atoms with Gasteiger partial charge in [-0.15, -0.1) is 0 Å². The summed E-state index contributed by atoms with van der Waals surface area (Å²) >= 11 is 0. The number of pyridine rings is 1. The highest BCUT2D eigenvalue weighted by molar-refractivity contribution is 5.43. The topological polar surface area (TPSA) is 48.0 Å². The molecule has 0 aromatic carbocycles. The lowest BCUT2D eigenvalue weighted by molar-refractivity contribution is 0.722. The van der Waals surface area contributed by atoms with Gasteiger partial charge in [0.2, 0.25) is 0 Å². The average Bonchev–Trinajstić information content (AvgIpc) is 2.45. The maximum absolute atomic E-state index is 11.2. The zero-order chi connectivity index (χ0) is 7.84. The van der Waals surface area contributed by atoms with Gasteiger partial charge in [-0.1, -0.05) is 0 Å². The Morgan fingerprint density at radius 2 is 2.27 bits per heavy atom. The molecule has 3 heteroatoms. The van der Waals surface area contributed by atoms with Crippen molar-refractivity contribution in [1.82, 2.24) is 4.57 Å². The number of nitrogens with zero attached hydrogens (tertiary/aromatic N) is 1. The van der Waals surface area contributed by atoms with Gasteiger partial charge in [-0.25, -0.2) is 0 Å². The number of aromatic nitrogens is 1. The van der Waals surface area contributed by atoms with E-state index in [4.69, 9.17) is 5.73 Å². The molecule has 0 bridgehead atoms. The first-order valence-corrected chi connectivity index (χ1v) is 3.77. The normalized spacial score (nSPS) is 14.9. The van der Waals surface area contributed by atoms with Crippen molar-refractivity contribution in [2.75, 3.05) is 5.73 Å². The highest BCUT2D eigenvalue weighted by Crippen LogP contribution is 2.17. The van der Waals surface area contributed by atoms with E-state index in [2.05, 4.69) is 0 Å². The summed E-state index contributed by atoms with van der Waals surface area (Å²) in [7, 11) is 0. The number of rotatable bonds is 0. The molecule has 58 valence electrons. The molecule has 2 rings (SSSR count). The first-order chi connectivity index (χ1) is 5.29. The summed E-state index contributed by atoms with van der Waals surface area (Å²) in [6, 6.07) is 3.23. The largest absolute Gasteiger partial charge is 0.397 e. The quantitative estimate of drug-likeness (QED) is 0.581. The van der Waals surface area contributed by atoms with Crippen LogP contribution >= 0.6 is 0 Å². The summed E-state index contributed by atoms with van der Waals surface area (Å²) in [6.07, 6.45) is 1.99. The fourth-order valence-corrected chi connectivity index (χ4v) is 1.57. The number of hydrogen-bond donors (Lipinski definition) is 1. The molecule has 1 aromatic rings. The summed E-state index contributed by atoms with van der Waals surface area (Å²) in [6.45, 7) is 0.833. The Balaban J connectivity index is 2.74. The Morgan fingerprint density at radius 1 is 1.45 bits per heavy atom. The minimum atomic E-state index is 0.0756. The van der Waals surface area contributed by atoms with Crippen LogP contribution in [0.2, 0.25) is 0 Å². The third-order valence-electron chi connectivity index (χ3n) is 2.13. The van der Waals surface area contributed by atoms with Crippen LogP contribution in [0.4, 0.5) is 5.69 Å². The van der Waals surface area contributed by atoms with Crippen molar-refractivity contribution in [2.45, 2.75) is 19.4 Å². The number of nitrogens with two attached hydrogens (primary N) is 1. The Hall–Kier alpha value is -1.25. The van der Waals surface area contributed by atoms with Gasteiger partial charge < -0.3 is 10.3 Å². The SMILES string of the molecule is Nc1ccc(=O)n2c1CCC2. The zero-order valence-corrected chi connectivity index (χ0v) is 6.21. The third-order valence-corrected chi connectivity index (χ3v) is 2.13. The van der Waals surface area contributed by atoms with Crippen LogP contribution in [0.3, 0.4) is 0 Å². The number of nitrogen functional groups attached to an aromatic ring is 1. The van der Waals surface area contributed by atoms with Crippen molar-refractivity contribution < 1.29 is 0 Å². The van der Waals surface area contributed by atoms with Crippen LogP contribution in [-0.2, 0) is 13.0 Å². The molecule has 1 aromatic heterocycles. The van der Waals surface area contributed by atoms with Crippen LogP contribution in [0.15, 0.2) is 16.9 Å². The molecular weight excluding hydrogens is 140 g/mol. The van der Waals surface area contributed by atoms with E-state index < -0.39 is 0 Å². The zero-order valence-electron chi connectivity index (χ0n) is 6.21. The number of fused-ring (bicyclic) bond motifs is 1. The molecule has 0 saturated carbocycles. The first-order valence-electron chi connectivity index (χ1n) is 3.77. The molecule has 3 nitrogen and oxygen atoms in total. The maximum atomic E-state index is 11.2. The van der Waals surface area contributed by atoms with E-state index in [9.17, 15) is 4.79 Å². The fraction of sp³-hybridized carbons (Fsp3) is 0.375. The molecule has 0 radical (unpaired) electrons. The van der Waals surface area contributed by atoms with E-state index in [1.54, 1.807) is 10.6 Å². The summed E-state index contributed by atoms with van der Waals surface area (Å²) in [5, 5.41) is 0. The number of anilines is 1. The van der Waals surface area contributed by atoms with E-state index in [0.29, 0.717) is 0 Å². The summed E-state index contributed by atoms with van der Waals surface area (Å²) in [5.41, 5.74) is 7.52. The smallest absolute Gasteiger partial charge is 0.250 e. The van der Waals surface area contributed by atoms with Gasteiger partial charge >= 0.3 is 0 Å². The van der Waals surface area contributed by atoms with Crippen molar-refractivity contribution in [3.8, 4) is 0 Å². The highest BCUT2D eigenvalue weighted by Gasteiger charge is 2.13. The van der Waals surface area contributed by atoms with Crippen molar-refractivity contribution in [3.63, 3.8) is 0 Å². The lowest BCUT2D eigenvalue weighted by Gasteiger charge is -2.03. The molecule has 0 spiro atoms. The standard InChI is InChI=1S/C8H10N2O/c9-6-3-4-8(11)10-5-1-2-7(6)10/h3-4H,1-2,5,9H2. The Kier molecular flexibility index (Phi) is 1.24. The Bertz CT molecular complexity index is 340. The molecule has 0 aliphatic carbocycles. The molecular formula is C8H10N2O. The van der Waals surface area contributed by atoms with Crippen LogP contribution < -0.4 is 11.3 Å². The monoisotopic (exact) mass is 150 g/mol. The lowest BCUT2D eigenvalue weighted by atomic mass is 10.2.